The van der Waals surface area contributed by atoms with E-state index in [4.69, 9.17) is 17.2 Å². The van der Waals surface area contributed by atoms with Crippen LogP contribution in [-0.4, -0.2) is 22.4 Å². The second kappa shape index (κ2) is 4.49. The first-order valence-corrected chi connectivity index (χ1v) is 7.15. The van der Waals surface area contributed by atoms with Crippen LogP contribution < -0.4 is 17.2 Å². The third-order valence-corrected chi connectivity index (χ3v) is 4.98. The zero-order valence-electron chi connectivity index (χ0n) is 10.7. The van der Waals surface area contributed by atoms with Crippen molar-refractivity contribution in [2.24, 2.45) is 5.73 Å². The standard InChI is InChI=1S/C12H15F2N5S/c13-12(14)3-5(1-2-15)8-6(4-12)7-9(20-8)10(16)19-11(17)18-7/h5H,1-4,15H2,(H4,16,17,18,19). The maximum absolute atomic E-state index is 13.9. The minimum atomic E-state index is -2.74. The maximum Gasteiger partial charge on any atom is 0.252 e. The summed E-state index contributed by atoms with van der Waals surface area (Å²) in [6.07, 6.45) is 0.0321. The van der Waals surface area contributed by atoms with Crippen molar-refractivity contribution in [3.63, 3.8) is 0 Å². The van der Waals surface area contributed by atoms with Crippen molar-refractivity contribution in [1.29, 1.82) is 0 Å². The number of alkyl halides is 2. The van der Waals surface area contributed by atoms with Gasteiger partial charge in [0.2, 0.25) is 5.95 Å². The van der Waals surface area contributed by atoms with E-state index in [0.717, 1.165) is 4.88 Å². The van der Waals surface area contributed by atoms with E-state index < -0.39 is 5.92 Å². The smallest absolute Gasteiger partial charge is 0.252 e. The number of nitrogens with zero attached hydrogens (tertiary/aromatic N) is 2. The minimum Gasteiger partial charge on any atom is -0.382 e. The van der Waals surface area contributed by atoms with Crippen LogP contribution in [0.15, 0.2) is 0 Å². The minimum absolute atomic E-state index is 0.0138. The fraction of sp³-hybridized carbons (Fsp3) is 0.500. The summed E-state index contributed by atoms with van der Waals surface area (Å²) >= 11 is 1.39. The van der Waals surface area contributed by atoms with Crippen LogP contribution in [0.4, 0.5) is 20.5 Å². The Bertz CT molecular complexity index is 669. The van der Waals surface area contributed by atoms with Gasteiger partial charge in [0.05, 0.1) is 10.2 Å². The van der Waals surface area contributed by atoms with E-state index in [1.54, 1.807) is 0 Å². The SMILES string of the molecule is NCCC1CC(F)(F)Cc2c1sc1c(N)nc(N)nc21. The lowest BCUT2D eigenvalue weighted by Gasteiger charge is -2.28. The number of nitrogen functional groups attached to an aromatic ring is 2. The summed E-state index contributed by atoms with van der Waals surface area (Å²) in [5.74, 6) is -2.73. The highest BCUT2D eigenvalue weighted by Gasteiger charge is 2.41. The molecule has 0 amide bonds. The van der Waals surface area contributed by atoms with E-state index in [-0.39, 0.29) is 30.5 Å². The summed E-state index contributed by atoms with van der Waals surface area (Å²) in [6, 6.07) is 0. The van der Waals surface area contributed by atoms with Gasteiger partial charge in [-0.2, -0.15) is 4.98 Å². The number of thiophene rings is 1. The van der Waals surface area contributed by atoms with Gasteiger partial charge in [-0.15, -0.1) is 11.3 Å². The number of hydrogen-bond acceptors (Lipinski definition) is 6. The molecule has 8 heteroatoms. The topological polar surface area (TPSA) is 104 Å². The summed E-state index contributed by atoms with van der Waals surface area (Å²) in [5, 5.41) is 0. The highest BCUT2D eigenvalue weighted by molar-refractivity contribution is 7.19. The van der Waals surface area contributed by atoms with Crippen molar-refractivity contribution in [2.75, 3.05) is 18.0 Å². The number of hydrogen-bond donors (Lipinski definition) is 3. The van der Waals surface area contributed by atoms with E-state index in [0.29, 0.717) is 28.7 Å². The van der Waals surface area contributed by atoms with E-state index in [9.17, 15) is 8.78 Å². The molecule has 2 aromatic rings. The van der Waals surface area contributed by atoms with Gasteiger partial charge in [0.15, 0.2) is 0 Å². The average molecular weight is 299 g/mol. The Labute approximate surface area is 118 Å². The van der Waals surface area contributed by atoms with Crippen LogP contribution in [0.3, 0.4) is 0 Å². The number of nitrogens with two attached hydrogens (primary N) is 3. The molecule has 0 saturated heterocycles. The van der Waals surface area contributed by atoms with Gasteiger partial charge in [-0.05, 0) is 18.5 Å². The second-order valence-electron chi connectivity index (χ2n) is 5.10. The molecule has 2 heterocycles. The van der Waals surface area contributed by atoms with Gasteiger partial charge in [0, 0.05) is 23.6 Å². The molecule has 1 atom stereocenters. The molecular formula is C12H15F2N5S. The van der Waals surface area contributed by atoms with Crippen LogP contribution in [0.25, 0.3) is 10.2 Å². The quantitative estimate of drug-likeness (QED) is 0.785. The van der Waals surface area contributed by atoms with Crippen LogP contribution in [0.2, 0.25) is 0 Å². The first kappa shape index (κ1) is 13.4. The first-order chi connectivity index (χ1) is 9.41. The molecule has 108 valence electrons. The molecule has 0 bridgehead atoms. The Morgan fingerprint density at radius 3 is 2.75 bits per heavy atom. The lowest BCUT2D eigenvalue weighted by atomic mass is 9.84. The number of fused-ring (bicyclic) bond motifs is 3. The largest absolute Gasteiger partial charge is 0.382 e. The molecule has 0 radical (unpaired) electrons. The summed E-state index contributed by atoms with van der Waals surface area (Å²) in [4.78, 5) is 8.90. The molecular weight excluding hydrogens is 284 g/mol. The van der Waals surface area contributed by atoms with Gasteiger partial charge in [-0.25, -0.2) is 13.8 Å². The number of halogens is 2. The summed E-state index contributed by atoms with van der Waals surface area (Å²) < 4.78 is 28.5. The predicted octanol–water partition coefficient (Wildman–Crippen LogP) is 1.87. The van der Waals surface area contributed by atoms with Gasteiger partial charge in [0.25, 0.3) is 5.92 Å². The Morgan fingerprint density at radius 1 is 1.30 bits per heavy atom. The monoisotopic (exact) mass is 299 g/mol. The lowest BCUT2D eigenvalue weighted by molar-refractivity contribution is -0.0201. The van der Waals surface area contributed by atoms with Crippen molar-refractivity contribution < 1.29 is 8.78 Å². The van der Waals surface area contributed by atoms with Crippen LogP contribution in [0, 0.1) is 0 Å². The predicted molar refractivity (Wildman–Crippen MR) is 75.9 cm³/mol. The van der Waals surface area contributed by atoms with Crippen molar-refractivity contribution in [1.82, 2.24) is 9.97 Å². The molecule has 0 aliphatic heterocycles. The Morgan fingerprint density at radius 2 is 2.05 bits per heavy atom. The molecule has 0 aromatic carbocycles. The first-order valence-electron chi connectivity index (χ1n) is 6.33. The van der Waals surface area contributed by atoms with Crippen LogP contribution >= 0.6 is 11.3 Å². The van der Waals surface area contributed by atoms with Crippen molar-refractivity contribution in [3.05, 3.63) is 10.4 Å². The highest BCUT2D eigenvalue weighted by atomic mass is 32.1. The highest BCUT2D eigenvalue weighted by Crippen LogP contribution is 2.48. The Hall–Kier alpha value is -1.54. The molecule has 1 unspecified atom stereocenters. The normalized spacial score (nSPS) is 21.1. The fourth-order valence-corrected chi connectivity index (χ4v) is 4.09. The average Bonchev–Trinajstić information content (AvgIpc) is 2.67. The molecule has 5 nitrogen and oxygen atoms in total. The second-order valence-corrected chi connectivity index (χ2v) is 6.15. The number of anilines is 2. The van der Waals surface area contributed by atoms with Crippen molar-refractivity contribution in [2.45, 2.75) is 31.1 Å². The molecule has 2 aromatic heterocycles. The zero-order valence-corrected chi connectivity index (χ0v) is 11.5. The third kappa shape index (κ3) is 2.08. The molecule has 0 fully saturated rings. The molecule has 1 aliphatic carbocycles. The molecule has 6 N–H and O–H groups in total. The van der Waals surface area contributed by atoms with Crippen LogP contribution in [-0.2, 0) is 6.42 Å². The van der Waals surface area contributed by atoms with Crippen molar-refractivity contribution >= 4 is 33.3 Å². The van der Waals surface area contributed by atoms with Crippen LogP contribution in [0.1, 0.15) is 29.2 Å². The summed E-state index contributed by atoms with van der Waals surface area (Å²) in [7, 11) is 0. The number of aromatic nitrogens is 2. The Balaban J connectivity index is 2.23. The van der Waals surface area contributed by atoms with E-state index in [2.05, 4.69) is 9.97 Å². The number of rotatable bonds is 2. The van der Waals surface area contributed by atoms with E-state index >= 15 is 0 Å². The molecule has 0 saturated carbocycles. The van der Waals surface area contributed by atoms with Gasteiger partial charge in [-0.3, -0.25) is 0 Å². The molecule has 3 rings (SSSR count). The Kier molecular flexibility index (Phi) is 3.02. The van der Waals surface area contributed by atoms with Gasteiger partial charge >= 0.3 is 0 Å². The van der Waals surface area contributed by atoms with E-state index in [1.165, 1.54) is 11.3 Å². The van der Waals surface area contributed by atoms with Gasteiger partial charge in [0.1, 0.15) is 5.82 Å². The fourth-order valence-electron chi connectivity index (χ4n) is 2.80. The lowest BCUT2D eigenvalue weighted by Crippen LogP contribution is -2.29. The van der Waals surface area contributed by atoms with Crippen molar-refractivity contribution in [3.8, 4) is 0 Å². The molecule has 1 aliphatic rings. The zero-order chi connectivity index (χ0) is 14.5. The summed E-state index contributed by atoms with van der Waals surface area (Å²) in [5.41, 5.74) is 18.0. The molecule has 20 heavy (non-hydrogen) atoms. The van der Waals surface area contributed by atoms with E-state index in [1.807, 2.05) is 0 Å². The van der Waals surface area contributed by atoms with Crippen LogP contribution in [0.5, 0.6) is 0 Å². The maximum atomic E-state index is 13.9. The van der Waals surface area contributed by atoms with Gasteiger partial charge < -0.3 is 17.2 Å². The molecule has 0 spiro atoms. The summed E-state index contributed by atoms with van der Waals surface area (Å²) in [6.45, 7) is 0.373. The third-order valence-electron chi connectivity index (χ3n) is 3.57. The van der Waals surface area contributed by atoms with Gasteiger partial charge in [-0.1, -0.05) is 0 Å².